The fourth-order valence-electron chi connectivity index (χ4n) is 9.00. The van der Waals surface area contributed by atoms with Gasteiger partial charge in [0, 0.05) is 49.6 Å². The molecule has 0 aliphatic heterocycles. The lowest BCUT2D eigenvalue weighted by atomic mass is 10.0. The summed E-state index contributed by atoms with van der Waals surface area (Å²) in [5, 5.41) is 4.89. The second-order valence-electron chi connectivity index (χ2n) is 15.7. The van der Waals surface area contributed by atoms with E-state index in [0.29, 0.717) is 17.5 Å². The lowest BCUT2D eigenvalue weighted by Crippen LogP contribution is -2.01. The van der Waals surface area contributed by atoms with Crippen molar-refractivity contribution in [3.05, 3.63) is 224 Å². The Morgan fingerprint density at radius 1 is 0.226 bits per heavy atom. The van der Waals surface area contributed by atoms with E-state index in [-0.39, 0.29) is 0 Å². The van der Waals surface area contributed by atoms with Crippen LogP contribution in [0.2, 0.25) is 0 Å². The monoisotopic (exact) mass is 791 g/mol. The van der Waals surface area contributed by atoms with E-state index in [9.17, 15) is 0 Å². The fourth-order valence-corrected chi connectivity index (χ4v) is 9.00. The third-order valence-electron chi connectivity index (χ3n) is 12.0. The highest BCUT2D eigenvalue weighted by Gasteiger charge is 2.19. The van der Waals surface area contributed by atoms with E-state index in [1.165, 1.54) is 38.2 Å². The van der Waals surface area contributed by atoms with Crippen LogP contribution < -0.4 is 0 Å². The maximum absolute atomic E-state index is 5.11. The van der Waals surface area contributed by atoms with Crippen molar-refractivity contribution in [2.75, 3.05) is 0 Å². The SMILES string of the molecule is c1ccc(-c2ccc(-n3c4ccccc4c4cc5c6ccccc6n(-c6ccc(-c7nc(-c8ccccc8)nc(-c8cccc(-c9ccccc9)c8)n7)cc6)c5cc43)cc2)cc1. The molecule has 0 radical (unpaired) electrons. The Morgan fingerprint density at radius 2 is 0.597 bits per heavy atom. The lowest BCUT2D eigenvalue weighted by Gasteiger charge is -2.12. The molecule has 9 aromatic carbocycles. The average Bonchev–Trinajstić information content (AvgIpc) is 3.86. The van der Waals surface area contributed by atoms with E-state index in [4.69, 9.17) is 15.0 Å². The number of nitrogens with zero attached hydrogens (tertiary/aromatic N) is 5. The molecule has 0 bridgehead atoms. The van der Waals surface area contributed by atoms with Gasteiger partial charge in [0.05, 0.1) is 22.1 Å². The zero-order chi connectivity index (χ0) is 41.0. The maximum Gasteiger partial charge on any atom is 0.164 e. The van der Waals surface area contributed by atoms with E-state index >= 15 is 0 Å². The Kier molecular flexibility index (Phi) is 8.42. The van der Waals surface area contributed by atoms with Crippen molar-refractivity contribution in [3.63, 3.8) is 0 Å². The third kappa shape index (κ3) is 6.06. The Morgan fingerprint density at radius 3 is 1.13 bits per heavy atom. The Bertz CT molecular complexity index is 3590. The molecule has 3 heterocycles. The lowest BCUT2D eigenvalue weighted by molar-refractivity contribution is 1.07. The first-order chi connectivity index (χ1) is 30.7. The van der Waals surface area contributed by atoms with Crippen LogP contribution in [0.25, 0.3) is 111 Å². The first-order valence-electron chi connectivity index (χ1n) is 20.9. The first-order valence-corrected chi connectivity index (χ1v) is 20.9. The molecule has 62 heavy (non-hydrogen) atoms. The van der Waals surface area contributed by atoms with Crippen molar-refractivity contribution in [1.82, 2.24) is 24.1 Å². The quantitative estimate of drug-likeness (QED) is 0.162. The van der Waals surface area contributed by atoms with Crippen LogP contribution in [0.5, 0.6) is 0 Å². The van der Waals surface area contributed by atoms with Gasteiger partial charge < -0.3 is 9.13 Å². The molecule has 0 amide bonds. The van der Waals surface area contributed by atoms with Gasteiger partial charge in [0.1, 0.15) is 0 Å². The number of hydrogen-bond donors (Lipinski definition) is 0. The third-order valence-corrected chi connectivity index (χ3v) is 12.0. The highest BCUT2D eigenvalue weighted by atomic mass is 15.0. The summed E-state index contributed by atoms with van der Waals surface area (Å²) < 4.78 is 4.79. The van der Waals surface area contributed by atoms with Gasteiger partial charge in [-0.3, -0.25) is 0 Å². The van der Waals surface area contributed by atoms with Crippen LogP contribution in [0.4, 0.5) is 0 Å². The largest absolute Gasteiger partial charge is 0.309 e. The molecule has 0 unspecified atom stereocenters. The number of aromatic nitrogens is 5. The summed E-state index contributed by atoms with van der Waals surface area (Å²) in [5.41, 5.74) is 14.3. The van der Waals surface area contributed by atoms with Gasteiger partial charge in [0.25, 0.3) is 0 Å². The summed E-state index contributed by atoms with van der Waals surface area (Å²) in [4.78, 5) is 15.2. The molecule has 12 rings (SSSR count). The Balaban J connectivity index is 0.998. The number of para-hydroxylation sites is 2. The van der Waals surface area contributed by atoms with E-state index in [2.05, 4.69) is 197 Å². The van der Waals surface area contributed by atoms with Gasteiger partial charge in [-0.1, -0.05) is 158 Å². The van der Waals surface area contributed by atoms with E-state index in [1.807, 2.05) is 36.4 Å². The Hall–Kier alpha value is -8.41. The summed E-state index contributed by atoms with van der Waals surface area (Å²) in [6.07, 6.45) is 0. The topological polar surface area (TPSA) is 48.5 Å². The zero-order valence-corrected chi connectivity index (χ0v) is 33.6. The minimum atomic E-state index is 0.622. The molecule has 0 aliphatic carbocycles. The standard InChI is InChI=1S/C57H37N5/c1-4-15-38(16-5-1)40-27-31-45(32-28-40)61-51-25-12-10-23-47(51)49-36-50-48-24-11-13-26-52(48)62(54(50)37-53(49)61)46-33-29-42(30-34-46)56-58-55(41-19-8-3-9-20-41)59-57(60-56)44-22-14-21-43(35-44)39-17-6-2-7-18-39/h1-37H. The normalized spacial score (nSPS) is 11.5. The van der Waals surface area contributed by atoms with Gasteiger partial charge in [0.2, 0.25) is 0 Å². The summed E-state index contributed by atoms with van der Waals surface area (Å²) >= 11 is 0. The molecule has 5 nitrogen and oxygen atoms in total. The molecule has 0 aliphatic rings. The van der Waals surface area contributed by atoms with Gasteiger partial charge in [-0.2, -0.15) is 0 Å². The molecule has 0 N–H and O–H groups in total. The van der Waals surface area contributed by atoms with Crippen LogP contribution in [0.3, 0.4) is 0 Å². The minimum Gasteiger partial charge on any atom is -0.309 e. The number of benzene rings is 9. The first kappa shape index (κ1) is 35.5. The van der Waals surface area contributed by atoms with Crippen molar-refractivity contribution < 1.29 is 0 Å². The molecule has 0 atom stereocenters. The van der Waals surface area contributed by atoms with E-state index in [1.54, 1.807) is 0 Å². The van der Waals surface area contributed by atoms with Crippen LogP contribution in [0, 0.1) is 0 Å². The van der Waals surface area contributed by atoms with E-state index in [0.717, 1.165) is 55.7 Å². The van der Waals surface area contributed by atoms with E-state index < -0.39 is 0 Å². The minimum absolute atomic E-state index is 0.622. The van der Waals surface area contributed by atoms with Crippen molar-refractivity contribution in [2.24, 2.45) is 0 Å². The molecule has 5 heteroatoms. The van der Waals surface area contributed by atoms with Gasteiger partial charge in [-0.05, 0) is 89.0 Å². The predicted octanol–water partition coefficient (Wildman–Crippen LogP) is 14.4. The summed E-state index contributed by atoms with van der Waals surface area (Å²) in [7, 11) is 0. The summed E-state index contributed by atoms with van der Waals surface area (Å²) in [5.74, 6) is 1.89. The van der Waals surface area contributed by atoms with Gasteiger partial charge in [0.15, 0.2) is 17.5 Å². The molecule has 3 aromatic heterocycles. The number of rotatable bonds is 7. The summed E-state index contributed by atoms with van der Waals surface area (Å²) in [6, 6.07) is 79.3. The second-order valence-corrected chi connectivity index (χ2v) is 15.7. The van der Waals surface area contributed by atoms with Crippen molar-refractivity contribution in [3.8, 4) is 67.8 Å². The Labute approximate surface area is 358 Å². The van der Waals surface area contributed by atoms with Gasteiger partial charge in [-0.15, -0.1) is 0 Å². The molecular weight excluding hydrogens is 755 g/mol. The van der Waals surface area contributed by atoms with Gasteiger partial charge >= 0.3 is 0 Å². The number of fused-ring (bicyclic) bond motifs is 6. The number of hydrogen-bond acceptors (Lipinski definition) is 3. The van der Waals surface area contributed by atoms with Crippen molar-refractivity contribution in [2.45, 2.75) is 0 Å². The molecular formula is C57H37N5. The second kappa shape index (κ2) is 14.7. The van der Waals surface area contributed by atoms with Crippen molar-refractivity contribution in [1.29, 1.82) is 0 Å². The molecule has 0 saturated heterocycles. The molecule has 0 saturated carbocycles. The molecule has 0 fully saturated rings. The van der Waals surface area contributed by atoms with Crippen LogP contribution in [0.15, 0.2) is 224 Å². The molecule has 12 aromatic rings. The van der Waals surface area contributed by atoms with Crippen molar-refractivity contribution >= 4 is 43.6 Å². The maximum atomic E-state index is 5.11. The van der Waals surface area contributed by atoms with Crippen LogP contribution in [0.1, 0.15) is 0 Å². The molecule has 0 spiro atoms. The smallest absolute Gasteiger partial charge is 0.164 e. The van der Waals surface area contributed by atoms with Gasteiger partial charge in [-0.25, -0.2) is 15.0 Å². The predicted molar refractivity (Wildman–Crippen MR) is 256 cm³/mol. The van der Waals surface area contributed by atoms with Crippen LogP contribution in [-0.4, -0.2) is 24.1 Å². The summed E-state index contributed by atoms with van der Waals surface area (Å²) in [6.45, 7) is 0. The zero-order valence-electron chi connectivity index (χ0n) is 33.6. The highest BCUT2D eigenvalue weighted by molar-refractivity contribution is 6.19. The average molecular weight is 792 g/mol. The molecule has 290 valence electrons. The fraction of sp³-hybridized carbons (Fsp3) is 0. The van der Waals surface area contributed by atoms with Crippen LogP contribution >= 0.6 is 0 Å². The van der Waals surface area contributed by atoms with Crippen LogP contribution in [-0.2, 0) is 0 Å². The highest BCUT2D eigenvalue weighted by Crippen LogP contribution is 2.40.